The average molecular weight is 248 g/mol. The Hall–Kier alpha value is -1.82. The topological polar surface area (TPSA) is 0 Å². The lowest BCUT2D eigenvalue weighted by molar-refractivity contribution is 0.601. The Balaban J connectivity index is 1.75. The first kappa shape index (κ1) is 12.2. The molecule has 0 radical (unpaired) electrons. The van der Waals surface area contributed by atoms with Gasteiger partial charge in [-0.25, -0.2) is 0 Å². The van der Waals surface area contributed by atoms with Gasteiger partial charge in [0, 0.05) is 11.8 Å². The first-order valence-corrected chi connectivity index (χ1v) is 7.13. The first-order valence-electron chi connectivity index (χ1n) is 7.13. The van der Waals surface area contributed by atoms with E-state index in [9.17, 15) is 0 Å². The second-order valence-corrected chi connectivity index (χ2v) is 5.50. The lowest BCUT2D eigenvalue weighted by atomic mass is 9.81. The molecule has 0 heteroatoms. The Kier molecular flexibility index (Phi) is 3.50. The van der Waals surface area contributed by atoms with Crippen LogP contribution >= 0.6 is 0 Å². The van der Waals surface area contributed by atoms with Crippen molar-refractivity contribution in [3.63, 3.8) is 0 Å². The van der Waals surface area contributed by atoms with Crippen LogP contribution in [0.25, 0.3) is 0 Å². The number of benzene rings is 2. The van der Waals surface area contributed by atoms with Gasteiger partial charge in [-0.1, -0.05) is 72.3 Å². The van der Waals surface area contributed by atoms with E-state index in [1.54, 1.807) is 0 Å². The Morgan fingerprint density at radius 1 is 0.684 bits per heavy atom. The highest BCUT2D eigenvalue weighted by molar-refractivity contribution is 5.31. The van der Waals surface area contributed by atoms with Crippen molar-refractivity contribution in [3.05, 3.63) is 83.4 Å². The minimum atomic E-state index is 0.598. The van der Waals surface area contributed by atoms with Crippen LogP contribution in [0.4, 0.5) is 0 Å². The van der Waals surface area contributed by atoms with E-state index in [-0.39, 0.29) is 0 Å². The zero-order valence-corrected chi connectivity index (χ0v) is 11.4. The van der Waals surface area contributed by atoms with Crippen molar-refractivity contribution in [2.24, 2.45) is 0 Å². The summed E-state index contributed by atoms with van der Waals surface area (Å²) < 4.78 is 0. The quantitative estimate of drug-likeness (QED) is 0.640. The Morgan fingerprint density at radius 2 is 1.21 bits per heavy atom. The Bertz CT molecular complexity index is 548. The van der Waals surface area contributed by atoms with Crippen LogP contribution < -0.4 is 0 Å². The molecule has 0 bridgehead atoms. The Labute approximate surface area is 115 Å². The van der Waals surface area contributed by atoms with Crippen molar-refractivity contribution >= 4 is 0 Å². The predicted molar refractivity (Wildman–Crippen MR) is 81.5 cm³/mol. The molecule has 2 aromatic carbocycles. The highest BCUT2D eigenvalue weighted by Crippen LogP contribution is 2.35. The second kappa shape index (κ2) is 5.44. The molecule has 1 aliphatic rings. The van der Waals surface area contributed by atoms with E-state index < -0.39 is 0 Å². The van der Waals surface area contributed by atoms with Gasteiger partial charge < -0.3 is 0 Å². The SMILES string of the molecule is Cc1ccc([C@@H]2C=C[C@H](c3ccccc3)CC2)cc1. The summed E-state index contributed by atoms with van der Waals surface area (Å²) in [5.41, 5.74) is 4.24. The number of aryl methyl sites for hydroxylation is 1. The van der Waals surface area contributed by atoms with Crippen molar-refractivity contribution < 1.29 is 0 Å². The maximum Gasteiger partial charge on any atom is 0.00185 e. The van der Waals surface area contributed by atoms with Crippen molar-refractivity contribution in [3.8, 4) is 0 Å². The molecule has 0 heterocycles. The number of rotatable bonds is 2. The number of hydrogen-bond acceptors (Lipinski definition) is 0. The molecule has 0 N–H and O–H groups in total. The minimum absolute atomic E-state index is 0.598. The number of hydrogen-bond donors (Lipinski definition) is 0. The van der Waals surface area contributed by atoms with E-state index in [1.807, 2.05) is 0 Å². The molecule has 0 aromatic heterocycles. The van der Waals surface area contributed by atoms with Gasteiger partial charge in [0.2, 0.25) is 0 Å². The fraction of sp³-hybridized carbons (Fsp3) is 0.263. The van der Waals surface area contributed by atoms with Crippen molar-refractivity contribution in [2.45, 2.75) is 31.6 Å². The van der Waals surface area contributed by atoms with Gasteiger partial charge in [-0.3, -0.25) is 0 Å². The summed E-state index contributed by atoms with van der Waals surface area (Å²) in [6.45, 7) is 2.14. The van der Waals surface area contributed by atoms with Gasteiger partial charge in [-0.15, -0.1) is 0 Å². The standard InChI is InChI=1S/C19H20/c1-15-7-9-17(10-8-15)19-13-11-18(12-14-19)16-5-3-2-4-6-16/h2-11,13,18-19H,12,14H2,1H3/t18-,19+/m0/s1. The van der Waals surface area contributed by atoms with Crippen molar-refractivity contribution in [1.82, 2.24) is 0 Å². The fourth-order valence-corrected chi connectivity index (χ4v) is 2.89. The largest absolute Gasteiger partial charge is 0.0804 e. The molecule has 0 saturated carbocycles. The van der Waals surface area contributed by atoms with Crippen LogP contribution in [0.15, 0.2) is 66.7 Å². The lowest BCUT2D eigenvalue weighted by Crippen LogP contribution is -2.06. The molecular weight excluding hydrogens is 228 g/mol. The smallest absolute Gasteiger partial charge is 0.00185 e. The summed E-state index contributed by atoms with van der Waals surface area (Å²) in [5.74, 6) is 1.20. The van der Waals surface area contributed by atoms with Gasteiger partial charge in [0.05, 0.1) is 0 Å². The molecule has 0 unspecified atom stereocenters. The highest BCUT2D eigenvalue weighted by Gasteiger charge is 2.17. The van der Waals surface area contributed by atoms with Crippen molar-refractivity contribution in [1.29, 1.82) is 0 Å². The summed E-state index contributed by atoms with van der Waals surface area (Å²) in [6, 6.07) is 19.8. The molecule has 0 saturated heterocycles. The minimum Gasteiger partial charge on any atom is -0.0804 e. The molecule has 0 nitrogen and oxygen atoms in total. The third kappa shape index (κ3) is 2.78. The van der Waals surface area contributed by atoms with E-state index in [4.69, 9.17) is 0 Å². The third-order valence-corrected chi connectivity index (χ3v) is 4.10. The van der Waals surface area contributed by atoms with Crippen LogP contribution in [0, 0.1) is 6.92 Å². The highest BCUT2D eigenvalue weighted by atomic mass is 14.2. The summed E-state index contributed by atoms with van der Waals surface area (Å²) in [5, 5.41) is 0. The summed E-state index contributed by atoms with van der Waals surface area (Å²) in [4.78, 5) is 0. The van der Waals surface area contributed by atoms with Gasteiger partial charge in [0.25, 0.3) is 0 Å². The maximum atomic E-state index is 2.39. The van der Waals surface area contributed by atoms with Gasteiger partial charge in [0.15, 0.2) is 0 Å². The molecule has 3 rings (SSSR count). The summed E-state index contributed by atoms with van der Waals surface area (Å²) in [6.07, 6.45) is 7.29. The van der Waals surface area contributed by atoms with Crippen LogP contribution in [0.1, 0.15) is 41.4 Å². The van der Waals surface area contributed by atoms with Crippen LogP contribution in [-0.2, 0) is 0 Å². The molecule has 96 valence electrons. The molecule has 2 atom stereocenters. The predicted octanol–water partition coefficient (Wildman–Crippen LogP) is 5.21. The molecular formula is C19H20. The zero-order valence-electron chi connectivity index (χ0n) is 11.4. The van der Waals surface area contributed by atoms with E-state index in [0.29, 0.717) is 11.8 Å². The molecule has 0 aliphatic heterocycles. The van der Waals surface area contributed by atoms with E-state index in [0.717, 1.165) is 0 Å². The molecule has 1 aliphatic carbocycles. The first-order chi connectivity index (χ1) is 9.33. The molecule has 19 heavy (non-hydrogen) atoms. The normalized spacial score (nSPS) is 22.4. The maximum absolute atomic E-state index is 2.39. The van der Waals surface area contributed by atoms with Gasteiger partial charge in [-0.05, 0) is 30.9 Å². The van der Waals surface area contributed by atoms with E-state index in [1.165, 1.54) is 29.5 Å². The van der Waals surface area contributed by atoms with Crippen LogP contribution in [0.3, 0.4) is 0 Å². The lowest BCUT2D eigenvalue weighted by Gasteiger charge is -2.23. The van der Waals surface area contributed by atoms with E-state index >= 15 is 0 Å². The molecule has 0 spiro atoms. The third-order valence-electron chi connectivity index (χ3n) is 4.10. The zero-order chi connectivity index (χ0) is 13.1. The van der Waals surface area contributed by atoms with Gasteiger partial charge >= 0.3 is 0 Å². The van der Waals surface area contributed by atoms with Gasteiger partial charge in [-0.2, -0.15) is 0 Å². The van der Waals surface area contributed by atoms with Crippen LogP contribution in [0.2, 0.25) is 0 Å². The van der Waals surface area contributed by atoms with E-state index in [2.05, 4.69) is 73.7 Å². The Morgan fingerprint density at radius 3 is 1.74 bits per heavy atom. The van der Waals surface area contributed by atoms with Crippen molar-refractivity contribution in [2.75, 3.05) is 0 Å². The molecule has 0 amide bonds. The summed E-state index contributed by atoms with van der Waals surface area (Å²) in [7, 11) is 0. The van der Waals surface area contributed by atoms with Crippen LogP contribution in [-0.4, -0.2) is 0 Å². The summed E-state index contributed by atoms with van der Waals surface area (Å²) >= 11 is 0. The molecule has 2 aromatic rings. The number of allylic oxidation sites excluding steroid dienone is 2. The van der Waals surface area contributed by atoms with Gasteiger partial charge in [0.1, 0.15) is 0 Å². The fourth-order valence-electron chi connectivity index (χ4n) is 2.89. The van der Waals surface area contributed by atoms with Crippen LogP contribution in [0.5, 0.6) is 0 Å². The monoisotopic (exact) mass is 248 g/mol. The average Bonchev–Trinajstić information content (AvgIpc) is 2.49. The molecule has 0 fully saturated rings. The second-order valence-electron chi connectivity index (χ2n) is 5.50.